The first-order valence-electron chi connectivity index (χ1n) is 6.25. The molecule has 21 heavy (non-hydrogen) atoms. The molecule has 0 saturated carbocycles. The molecule has 3 nitrogen and oxygen atoms in total. The predicted molar refractivity (Wildman–Crippen MR) is 78.1 cm³/mol. The first-order valence-corrected chi connectivity index (χ1v) is 6.63. The molecular formula is C15H13ClF2N2O. The molecule has 0 atom stereocenters. The van der Waals surface area contributed by atoms with E-state index in [1.165, 1.54) is 0 Å². The summed E-state index contributed by atoms with van der Waals surface area (Å²) >= 11 is 5.72. The fourth-order valence-corrected chi connectivity index (χ4v) is 2.00. The molecule has 0 unspecified atom stereocenters. The molecular weight excluding hydrogens is 298 g/mol. The molecule has 0 fully saturated rings. The lowest BCUT2D eigenvalue weighted by molar-refractivity contribution is -0.119. The fourth-order valence-electron chi connectivity index (χ4n) is 1.74. The number of hydrogen-bond donors (Lipinski definition) is 2. The molecule has 0 aliphatic rings. The molecule has 0 radical (unpaired) electrons. The zero-order valence-corrected chi connectivity index (χ0v) is 11.8. The minimum absolute atomic E-state index is 0.0899. The van der Waals surface area contributed by atoms with Gasteiger partial charge in [-0.1, -0.05) is 41.9 Å². The van der Waals surface area contributed by atoms with Crippen LogP contribution < -0.4 is 10.6 Å². The van der Waals surface area contributed by atoms with E-state index in [9.17, 15) is 13.6 Å². The summed E-state index contributed by atoms with van der Waals surface area (Å²) in [4.78, 5) is 11.7. The summed E-state index contributed by atoms with van der Waals surface area (Å²) in [7, 11) is 0. The van der Waals surface area contributed by atoms with Crippen LogP contribution >= 0.6 is 11.6 Å². The van der Waals surface area contributed by atoms with Gasteiger partial charge in [-0.2, -0.15) is 0 Å². The standard InChI is InChI=1S/C15H13ClF2N2O/c16-12-6-11(17)7-13(18)15(12)20-9-14(21)19-8-10-4-2-1-3-5-10/h1-7,20H,8-9H2,(H,19,21). The van der Waals surface area contributed by atoms with Crippen molar-refractivity contribution in [3.8, 4) is 0 Å². The van der Waals surface area contributed by atoms with Crippen LogP contribution in [0.3, 0.4) is 0 Å². The Hall–Kier alpha value is -2.14. The van der Waals surface area contributed by atoms with Gasteiger partial charge in [0.1, 0.15) is 5.82 Å². The maximum absolute atomic E-state index is 13.5. The second kappa shape index (κ2) is 7.04. The molecule has 110 valence electrons. The molecule has 0 spiro atoms. The molecule has 6 heteroatoms. The highest BCUT2D eigenvalue weighted by molar-refractivity contribution is 6.33. The number of halogens is 3. The third kappa shape index (κ3) is 4.43. The van der Waals surface area contributed by atoms with Gasteiger partial charge < -0.3 is 10.6 Å². The van der Waals surface area contributed by atoms with Crippen LogP contribution in [0.5, 0.6) is 0 Å². The van der Waals surface area contributed by atoms with E-state index in [2.05, 4.69) is 10.6 Å². The van der Waals surface area contributed by atoms with Gasteiger partial charge in [-0.25, -0.2) is 8.78 Å². The average Bonchev–Trinajstić information content (AvgIpc) is 2.45. The average molecular weight is 311 g/mol. The molecule has 2 aromatic rings. The molecule has 2 aromatic carbocycles. The van der Waals surface area contributed by atoms with E-state index < -0.39 is 11.6 Å². The molecule has 0 aromatic heterocycles. The number of benzene rings is 2. The van der Waals surface area contributed by atoms with Gasteiger partial charge in [0.2, 0.25) is 5.91 Å². The summed E-state index contributed by atoms with van der Waals surface area (Å²) in [6.07, 6.45) is 0. The molecule has 0 aliphatic heterocycles. The van der Waals surface area contributed by atoms with Gasteiger partial charge >= 0.3 is 0 Å². The molecule has 2 rings (SSSR count). The number of nitrogens with one attached hydrogen (secondary N) is 2. The summed E-state index contributed by atoms with van der Waals surface area (Å²) in [6, 6.07) is 11.1. The van der Waals surface area contributed by atoms with Crippen LogP contribution in [-0.2, 0) is 11.3 Å². The highest BCUT2D eigenvalue weighted by Gasteiger charge is 2.11. The van der Waals surface area contributed by atoms with Crippen molar-refractivity contribution < 1.29 is 13.6 Å². The van der Waals surface area contributed by atoms with E-state index in [0.717, 1.165) is 11.6 Å². The zero-order chi connectivity index (χ0) is 15.2. The molecule has 0 saturated heterocycles. The second-order valence-electron chi connectivity index (χ2n) is 4.36. The third-order valence-corrected chi connectivity index (χ3v) is 3.06. The molecule has 0 heterocycles. The van der Waals surface area contributed by atoms with Gasteiger partial charge in [0.05, 0.1) is 17.3 Å². The summed E-state index contributed by atoms with van der Waals surface area (Å²) in [5.74, 6) is -1.92. The Labute approximate surface area is 125 Å². The topological polar surface area (TPSA) is 41.1 Å². The monoisotopic (exact) mass is 310 g/mol. The summed E-state index contributed by atoms with van der Waals surface area (Å²) in [6.45, 7) is 0.218. The van der Waals surface area contributed by atoms with Crippen LogP contribution in [0.15, 0.2) is 42.5 Å². The third-order valence-electron chi connectivity index (χ3n) is 2.77. The quantitative estimate of drug-likeness (QED) is 0.889. The van der Waals surface area contributed by atoms with Crippen molar-refractivity contribution in [1.29, 1.82) is 0 Å². The van der Waals surface area contributed by atoms with Crippen LogP contribution in [0.4, 0.5) is 14.5 Å². The minimum atomic E-state index is -0.837. The predicted octanol–water partition coefficient (Wildman–Crippen LogP) is 3.35. The summed E-state index contributed by atoms with van der Waals surface area (Å²) in [5, 5.41) is 5.13. The van der Waals surface area contributed by atoms with Crippen LogP contribution in [0.25, 0.3) is 0 Å². The van der Waals surface area contributed by atoms with Gasteiger partial charge in [-0.15, -0.1) is 0 Å². The largest absolute Gasteiger partial charge is 0.373 e. The van der Waals surface area contributed by atoms with Crippen molar-refractivity contribution in [3.63, 3.8) is 0 Å². The maximum Gasteiger partial charge on any atom is 0.239 e. The summed E-state index contributed by atoms with van der Waals surface area (Å²) < 4.78 is 26.4. The van der Waals surface area contributed by atoms with Gasteiger partial charge in [0.25, 0.3) is 0 Å². The van der Waals surface area contributed by atoms with Crippen molar-refractivity contribution in [1.82, 2.24) is 5.32 Å². The maximum atomic E-state index is 13.5. The number of carbonyl (C=O) groups is 1. The van der Waals surface area contributed by atoms with E-state index >= 15 is 0 Å². The Bertz CT molecular complexity index is 612. The molecule has 2 N–H and O–H groups in total. The van der Waals surface area contributed by atoms with Crippen LogP contribution in [0.2, 0.25) is 5.02 Å². The van der Waals surface area contributed by atoms with E-state index in [-0.39, 0.29) is 23.2 Å². The Balaban J connectivity index is 1.87. The van der Waals surface area contributed by atoms with E-state index in [4.69, 9.17) is 11.6 Å². The van der Waals surface area contributed by atoms with Crippen LogP contribution in [-0.4, -0.2) is 12.5 Å². The van der Waals surface area contributed by atoms with Crippen molar-refractivity contribution >= 4 is 23.2 Å². The first kappa shape index (κ1) is 15.3. The number of anilines is 1. The van der Waals surface area contributed by atoms with Gasteiger partial charge in [0.15, 0.2) is 5.82 Å². The lowest BCUT2D eigenvalue weighted by Gasteiger charge is -2.10. The Morgan fingerprint density at radius 1 is 1.14 bits per heavy atom. The van der Waals surface area contributed by atoms with Crippen molar-refractivity contribution in [2.75, 3.05) is 11.9 Å². The number of rotatable bonds is 5. The Kier molecular flexibility index (Phi) is 5.11. The Morgan fingerprint density at radius 3 is 2.52 bits per heavy atom. The molecule has 1 amide bonds. The summed E-state index contributed by atoms with van der Waals surface area (Å²) in [5.41, 5.74) is 0.866. The fraction of sp³-hybridized carbons (Fsp3) is 0.133. The number of amides is 1. The van der Waals surface area contributed by atoms with Crippen LogP contribution in [0, 0.1) is 11.6 Å². The van der Waals surface area contributed by atoms with Crippen molar-refractivity contribution in [2.24, 2.45) is 0 Å². The highest BCUT2D eigenvalue weighted by Crippen LogP contribution is 2.25. The number of carbonyl (C=O) groups excluding carboxylic acids is 1. The minimum Gasteiger partial charge on any atom is -0.373 e. The molecule has 0 aliphatic carbocycles. The smallest absolute Gasteiger partial charge is 0.239 e. The highest BCUT2D eigenvalue weighted by atomic mass is 35.5. The zero-order valence-electron chi connectivity index (χ0n) is 11.0. The SMILES string of the molecule is O=C(CNc1c(F)cc(F)cc1Cl)NCc1ccccc1. The van der Waals surface area contributed by atoms with Crippen molar-refractivity contribution in [3.05, 3.63) is 64.7 Å². The normalized spacial score (nSPS) is 10.2. The van der Waals surface area contributed by atoms with E-state index in [1.54, 1.807) is 0 Å². The number of hydrogen-bond acceptors (Lipinski definition) is 2. The van der Waals surface area contributed by atoms with Gasteiger partial charge in [-0.3, -0.25) is 4.79 Å². The molecule has 0 bridgehead atoms. The first-order chi connectivity index (χ1) is 10.1. The van der Waals surface area contributed by atoms with E-state index in [1.807, 2.05) is 30.3 Å². The lowest BCUT2D eigenvalue weighted by atomic mass is 10.2. The van der Waals surface area contributed by atoms with Crippen molar-refractivity contribution in [2.45, 2.75) is 6.54 Å². The van der Waals surface area contributed by atoms with Gasteiger partial charge in [0, 0.05) is 12.6 Å². The van der Waals surface area contributed by atoms with Gasteiger partial charge in [-0.05, 0) is 11.6 Å². The lowest BCUT2D eigenvalue weighted by Crippen LogP contribution is -2.29. The van der Waals surface area contributed by atoms with E-state index in [0.29, 0.717) is 12.6 Å². The second-order valence-corrected chi connectivity index (χ2v) is 4.77. The van der Waals surface area contributed by atoms with Crippen LogP contribution in [0.1, 0.15) is 5.56 Å². The Morgan fingerprint density at radius 2 is 1.86 bits per heavy atom.